The predicted octanol–water partition coefficient (Wildman–Crippen LogP) is 4.59. The van der Waals surface area contributed by atoms with Crippen molar-refractivity contribution in [1.29, 1.82) is 0 Å². The maximum atomic E-state index is 13.4. The van der Waals surface area contributed by atoms with Gasteiger partial charge in [-0.1, -0.05) is 30.7 Å². The highest BCUT2D eigenvalue weighted by atomic mass is 35.5. The number of carbonyl (C=O) groups excluding carboxylic acids is 1. The summed E-state index contributed by atoms with van der Waals surface area (Å²) in [4.78, 5) is 43.1. The predicted molar refractivity (Wildman–Crippen MR) is 120 cm³/mol. The van der Waals surface area contributed by atoms with Crippen molar-refractivity contribution in [3.8, 4) is 0 Å². The summed E-state index contributed by atoms with van der Waals surface area (Å²) in [6.45, 7) is 6.41. The number of hydrogen-bond acceptors (Lipinski definition) is 5. The minimum Gasteiger partial charge on any atom is -0.329 e. The molecule has 1 amide bonds. The molecule has 0 aliphatic rings. The second-order valence-corrected chi connectivity index (χ2v) is 7.54. The maximum absolute atomic E-state index is 13.4. The lowest BCUT2D eigenvalue weighted by atomic mass is 10.1. The van der Waals surface area contributed by atoms with Crippen molar-refractivity contribution in [2.45, 2.75) is 39.8 Å². The van der Waals surface area contributed by atoms with E-state index in [0.29, 0.717) is 36.2 Å². The molecule has 3 aromatic rings. The number of hydrogen-bond donors (Lipinski definition) is 0. The monoisotopic (exact) mass is 442 g/mol. The molecule has 0 aliphatic carbocycles. The number of benzene rings is 2. The quantitative estimate of drug-likeness (QED) is 0.393. The van der Waals surface area contributed by atoms with E-state index in [1.54, 1.807) is 27.7 Å². The number of amides is 1. The molecule has 1 aromatic heterocycles. The molecule has 0 aliphatic heterocycles. The number of non-ortho nitro benzene ring substituents is 1. The molecule has 0 N–H and O–H groups in total. The number of rotatable bonds is 7. The first-order valence-electron chi connectivity index (χ1n) is 10.0. The Kier molecular flexibility index (Phi) is 6.70. The Morgan fingerprint density at radius 1 is 1.26 bits per heavy atom. The standard InChI is InChI=1S/C22H23ClN4O4/c1-4-12-26(21(28)16-11-10-15(27(30)31)13-18(16)23)14(3)20-24-19-9-7-6-8-17(19)22(29)25(20)5-2/h6-11,13-14H,4-5,12H2,1-3H3. The molecule has 0 saturated heterocycles. The smallest absolute Gasteiger partial charge is 0.270 e. The van der Waals surface area contributed by atoms with Gasteiger partial charge >= 0.3 is 0 Å². The largest absolute Gasteiger partial charge is 0.329 e. The van der Waals surface area contributed by atoms with Crippen LogP contribution in [0.5, 0.6) is 0 Å². The van der Waals surface area contributed by atoms with E-state index >= 15 is 0 Å². The molecule has 31 heavy (non-hydrogen) atoms. The summed E-state index contributed by atoms with van der Waals surface area (Å²) in [5.41, 5.74) is 0.384. The summed E-state index contributed by atoms with van der Waals surface area (Å²) in [5.74, 6) is 0.102. The van der Waals surface area contributed by atoms with Crippen LogP contribution in [-0.4, -0.2) is 31.8 Å². The summed E-state index contributed by atoms with van der Waals surface area (Å²) in [5, 5.41) is 11.5. The molecule has 1 heterocycles. The van der Waals surface area contributed by atoms with Gasteiger partial charge in [0.2, 0.25) is 0 Å². The summed E-state index contributed by atoms with van der Waals surface area (Å²) in [6.07, 6.45) is 0.671. The van der Waals surface area contributed by atoms with Gasteiger partial charge in [0, 0.05) is 25.2 Å². The number of nitrogens with zero attached hydrogens (tertiary/aromatic N) is 4. The molecule has 1 atom stereocenters. The zero-order chi connectivity index (χ0) is 22.7. The normalized spacial score (nSPS) is 12.0. The molecule has 0 fully saturated rings. The van der Waals surface area contributed by atoms with E-state index in [0.717, 1.165) is 0 Å². The fraction of sp³-hybridized carbons (Fsp3) is 0.318. The minimum absolute atomic E-state index is 0.00635. The van der Waals surface area contributed by atoms with Crippen molar-refractivity contribution in [3.63, 3.8) is 0 Å². The summed E-state index contributed by atoms with van der Waals surface area (Å²) >= 11 is 6.20. The Hall–Kier alpha value is -3.26. The van der Waals surface area contributed by atoms with Gasteiger partial charge in [-0.05, 0) is 38.5 Å². The van der Waals surface area contributed by atoms with Gasteiger partial charge in [-0.3, -0.25) is 24.3 Å². The van der Waals surface area contributed by atoms with Crippen LogP contribution in [0, 0.1) is 10.1 Å². The van der Waals surface area contributed by atoms with Crippen molar-refractivity contribution < 1.29 is 9.72 Å². The minimum atomic E-state index is -0.564. The molecule has 0 spiro atoms. The molecular formula is C22H23ClN4O4. The number of aromatic nitrogens is 2. The number of fused-ring (bicyclic) bond motifs is 1. The third kappa shape index (κ3) is 4.29. The van der Waals surface area contributed by atoms with Crippen LogP contribution < -0.4 is 5.56 Å². The number of para-hydroxylation sites is 1. The SMILES string of the molecule is CCCN(C(=O)c1ccc([N+](=O)[O-])cc1Cl)C(C)c1nc2ccccc2c(=O)n1CC. The first kappa shape index (κ1) is 22.4. The van der Waals surface area contributed by atoms with Crippen LogP contribution in [0.2, 0.25) is 5.02 Å². The molecular weight excluding hydrogens is 420 g/mol. The second-order valence-electron chi connectivity index (χ2n) is 7.13. The van der Waals surface area contributed by atoms with Crippen LogP contribution in [0.3, 0.4) is 0 Å². The van der Waals surface area contributed by atoms with Gasteiger partial charge in [0.05, 0.1) is 32.5 Å². The number of halogens is 1. The molecule has 0 radical (unpaired) electrons. The van der Waals surface area contributed by atoms with E-state index in [1.807, 2.05) is 26.8 Å². The average molecular weight is 443 g/mol. The van der Waals surface area contributed by atoms with Gasteiger partial charge in [-0.25, -0.2) is 4.98 Å². The van der Waals surface area contributed by atoms with Crippen LogP contribution >= 0.6 is 11.6 Å². The highest BCUT2D eigenvalue weighted by Crippen LogP contribution is 2.27. The van der Waals surface area contributed by atoms with Gasteiger partial charge in [-0.15, -0.1) is 0 Å². The molecule has 1 unspecified atom stereocenters. The van der Waals surface area contributed by atoms with Crippen molar-refractivity contribution in [3.05, 3.63) is 79.3 Å². The topological polar surface area (TPSA) is 98.3 Å². The zero-order valence-electron chi connectivity index (χ0n) is 17.5. The Balaban J connectivity index is 2.09. The number of nitro benzene ring substituents is 1. The third-order valence-corrected chi connectivity index (χ3v) is 5.48. The third-order valence-electron chi connectivity index (χ3n) is 5.17. The van der Waals surface area contributed by atoms with Gasteiger partial charge in [0.25, 0.3) is 17.2 Å². The van der Waals surface area contributed by atoms with E-state index in [2.05, 4.69) is 0 Å². The number of carbonyl (C=O) groups is 1. The number of nitro groups is 1. The lowest BCUT2D eigenvalue weighted by molar-refractivity contribution is -0.384. The van der Waals surface area contributed by atoms with Crippen LogP contribution in [0.1, 0.15) is 49.4 Å². The van der Waals surface area contributed by atoms with E-state index in [1.165, 1.54) is 18.2 Å². The Morgan fingerprint density at radius 3 is 2.58 bits per heavy atom. The summed E-state index contributed by atoms with van der Waals surface area (Å²) in [6, 6.07) is 10.4. The van der Waals surface area contributed by atoms with Gasteiger partial charge in [-0.2, -0.15) is 0 Å². The maximum Gasteiger partial charge on any atom is 0.270 e. The summed E-state index contributed by atoms with van der Waals surface area (Å²) < 4.78 is 1.57. The molecule has 2 aromatic carbocycles. The van der Waals surface area contributed by atoms with E-state index in [-0.39, 0.29) is 27.7 Å². The van der Waals surface area contributed by atoms with E-state index in [4.69, 9.17) is 16.6 Å². The molecule has 0 bridgehead atoms. The first-order chi connectivity index (χ1) is 14.8. The van der Waals surface area contributed by atoms with Crippen LogP contribution in [0.15, 0.2) is 47.3 Å². The zero-order valence-corrected chi connectivity index (χ0v) is 18.3. The van der Waals surface area contributed by atoms with Crippen molar-refractivity contribution >= 4 is 34.1 Å². The fourth-order valence-electron chi connectivity index (χ4n) is 3.61. The van der Waals surface area contributed by atoms with Crippen molar-refractivity contribution in [2.24, 2.45) is 0 Å². The first-order valence-corrected chi connectivity index (χ1v) is 10.4. The van der Waals surface area contributed by atoms with Gasteiger partial charge in [0.15, 0.2) is 0 Å². The average Bonchev–Trinajstić information content (AvgIpc) is 2.76. The van der Waals surface area contributed by atoms with E-state index in [9.17, 15) is 19.7 Å². The summed E-state index contributed by atoms with van der Waals surface area (Å²) in [7, 11) is 0. The van der Waals surface area contributed by atoms with Gasteiger partial charge < -0.3 is 4.90 Å². The Morgan fingerprint density at radius 2 is 1.97 bits per heavy atom. The Labute approximate surface area is 184 Å². The Bertz CT molecular complexity index is 1210. The van der Waals surface area contributed by atoms with Crippen LogP contribution in [0.4, 0.5) is 5.69 Å². The van der Waals surface area contributed by atoms with E-state index < -0.39 is 11.0 Å². The van der Waals surface area contributed by atoms with Crippen molar-refractivity contribution in [1.82, 2.24) is 14.5 Å². The lowest BCUT2D eigenvalue weighted by Gasteiger charge is -2.30. The highest BCUT2D eigenvalue weighted by Gasteiger charge is 2.28. The second kappa shape index (κ2) is 9.26. The molecule has 162 valence electrons. The van der Waals surface area contributed by atoms with Crippen LogP contribution in [-0.2, 0) is 6.54 Å². The molecule has 0 saturated carbocycles. The van der Waals surface area contributed by atoms with Crippen LogP contribution in [0.25, 0.3) is 10.9 Å². The highest BCUT2D eigenvalue weighted by molar-refractivity contribution is 6.34. The van der Waals surface area contributed by atoms with Crippen molar-refractivity contribution in [2.75, 3.05) is 6.54 Å². The lowest BCUT2D eigenvalue weighted by Crippen LogP contribution is -2.38. The molecule has 9 heteroatoms. The van der Waals surface area contributed by atoms with Gasteiger partial charge in [0.1, 0.15) is 5.82 Å². The fourth-order valence-corrected chi connectivity index (χ4v) is 3.86. The molecule has 8 nitrogen and oxygen atoms in total. The molecule has 3 rings (SSSR count).